The predicted molar refractivity (Wildman–Crippen MR) is 86.0 cm³/mol. The van der Waals surface area contributed by atoms with Crippen LogP contribution in [0.4, 0.5) is 11.4 Å². The molecule has 1 aliphatic carbocycles. The van der Waals surface area contributed by atoms with Crippen molar-refractivity contribution in [3.05, 3.63) is 59.1 Å². The number of anilines is 2. The van der Waals surface area contributed by atoms with Gasteiger partial charge in [0, 0.05) is 11.8 Å². The van der Waals surface area contributed by atoms with E-state index in [1.807, 2.05) is 24.0 Å². The number of carbonyl (C=O) groups is 1. The number of allylic oxidation sites excluding steroid dienone is 1. The minimum Gasteiger partial charge on any atom is -0.372 e. The molecule has 0 aromatic heterocycles. The highest BCUT2D eigenvalue weighted by Gasteiger charge is 2.44. The van der Waals surface area contributed by atoms with E-state index in [9.17, 15) is 4.79 Å². The van der Waals surface area contributed by atoms with Crippen molar-refractivity contribution in [3.8, 4) is 0 Å². The Bertz CT molecular complexity index is 802. The molecule has 4 nitrogen and oxygen atoms in total. The topological polar surface area (TPSA) is 35.6 Å². The van der Waals surface area contributed by atoms with Crippen LogP contribution in [0.5, 0.6) is 0 Å². The highest BCUT2D eigenvalue weighted by Crippen LogP contribution is 2.50. The number of hydrogen-bond donors (Lipinski definition) is 1. The average Bonchev–Trinajstić information content (AvgIpc) is 3.09. The summed E-state index contributed by atoms with van der Waals surface area (Å²) in [6.45, 7) is 2.80. The van der Waals surface area contributed by atoms with Gasteiger partial charge in [0.25, 0.3) is 0 Å². The second-order valence-electron chi connectivity index (χ2n) is 6.23. The summed E-state index contributed by atoms with van der Waals surface area (Å²) in [5.41, 5.74) is 6.93. The van der Waals surface area contributed by atoms with Crippen molar-refractivity contribution >= 4 is 17.3 Å². The standard InChI is InChI=1S/C18H17N3O/c1-11-12-5-4-6-13-16-9-19-10-20(16)14-7-2-3-8-15(14)21(17(12)13)18(11)22/h2-3,6-9,11,19H,4-5,10H2,1H3. The van der Waals surface area contributed by atoms with Gasteiger partial charge in [0.2, 0.25) is 5.91 Å². The van der Waals surface area contributed by atoms with E-state index in [2.05, 4.69) is 34.6 Å². The summed E-state index contributed by atoms with van der Waals surface area (Å²) >= 11 is 0. The van der Waals surface area contributed by atoms with Gasteiger partial charge in [-0.3, -0.25) is 9.69 Å². The van der Waals surface area contributed by atoms with Crippen LogP contribution in [0.3, 0.4) is 0 Å². The van der Waals surface area contributed by atoms with Crippen LogP contribution in [0.15, 0.2) is 59.1 Å². The van der Waals surface area contributed by atoms with Gasteiger partial charge in [-0.15, -0.1) is 0 Å². The normalized spacial score (nSPS) is 25.1. The van der Waals surface area contributed by atoms with Gasteiger partial charge in [0.05, 0.1) is 35.4 Å². The fraction of sp³-hybridized carbons (Fsp3) is 0.278. The Hall–Kier alpha value is -2.49. The number of nitrogens with zero attached hydrogens (tertiary/aromatic N) is 2. The van der Waals surface area contributed by atoms with Gasteiger partial charge in [0.1, 0.15) is 0 Å². The average molecular weight is 291 g/mol. The van der Waals surface area contributed by atoms with E-state index in [4.69, 9.17) is 0 Å². The number of para-hydroxylation sites is 2. The zero-order valence-electron chi connectivity index (χ0n) is 12.5. The molecule has 0 fully saturated rings. The first kappa shape index (κ1) is 12.1. The maximum atomic E-state index is 12.9. The minimum absolute atomic E-state index is 0.00623. The van der Waals surface area contributed by atoms with Gasteiger partial charge in [-0.05, 0) is 37.5 Å². The molecule has 1 aromatic carbocycles. The fourth-order valence-electron chi connectivity index (χ4n) is 4.08. The van der Waals surface area contributed by atoms with Crippen LogP contribution < -0.4 is 15.1 Å². The highest BCUT2D eigenvalue weighted by molar-refractivity contribution is 6.08. The largest absolute Gasteiger partial charge is 0.372 e. The van der Waals surface area contributed by atoms with Crippen molar-refractivity contribution in [2.24, 2.45) is 5.92 Å². The Morgan fingerprint density at radius 2 is 2.05 bits per heavy atom. The number of rotatable bonds is 0. The monoisotopic (exact) mass is 291 g/mol. The Morgan fingerprint density at radius 3 is 2.91 bits per heavy atom. The summed E-state index contributed by atoms with van der Waals surface area (Å²) in [5.74, 6) is 0.202. The first-order valence-electron chi connectivity index (χ1n) is 7.85. The van der Waals surface area contributed by atoms with Crippen LogP contribution >= 0.6 is 0 Å². The molecule has 1 unspecified atom stereocenters. The van der Waals surface area contributed by atoms with Crippen molar-refractivity contribution < 1.29 is 4.79 Å². The highest BCUT2D eigenvalue weighted by atomic mass is 16.2. The zero-order chi connectivity index (χ0) is 14.8. The first-order chi connectivity index (χ1) is 10.8. The Balaban J connectivity index is 1.86. The lowest BCUT2D eigenvalue weighted by Gasteiger charge is -2.23. The SMILES string of the molecule is CC1C(=O)N2C3=C1CCC=C3C1=CNCN1c1ccccc12. The quantitative estimate of drug-likeness (QED) is 0.798. The molecule has 0 saturated carbocycles. The molecule has 0 spiro atoms. The van der Waals surface area contributed by atoms with Crippen LogP contribution in [-0.2, 0) is 4.79 Å². The Kier molecular flexibility index (Phi) is 2.22. The summed E-state index contributed by atoms with van der Waals surface area (Å²) < 4.78 is 0. The Morgan fingerprint density at radius 1 is 1.23 bits per heavy atom. The molecular formula is C18H17N3O. The maximum Gasteiger partial charge on any atom is 0.238 e. The Labute approximate surface area is 129 Å². The van der Waals surface area contributed by atoms with Crippen molar-refractivity contribution in [3.63, 3.8) is 0 Å². The summed E-state index contributed by atoms with van der Waals surface area (Å²) in [6, 6.07) is 8.21. The number of fused-ring (bicyclic) bond motifs is 5. The fourth-order valence-corrected chi connectivity index (χ4v) is 4.08. The van der Waals surface area contributed by atoms with E-state index in [1.54, 1.807) is 0 Å². The van der Waals surface area contributed by atoms with Crippen LogP contribution in [-0.4, -0.2) is 12.6 Å². The summed E-state index contributed by atoms with van der Waals surface area (Å²) in [7, 11) is 0. The lowest BCUT2D eigenvalue weighted by Crippen LogP contribution is -2.28. The van der Waals surface area contributed by atoms with Crippen molar-refractivity contribution in [1.82, 2.24) is 5.32 Å². The van der Waals surface area contributed by atoms with E-state index in [1.165, 1.54) is 16.8 Å². The van der Waals surface area contributed by atoms with Crippen LogP contribution in [0.25, 0.3) is 0 Å². The van der Waals surface area contributed by atoms with Crippen molar-refractivity contribution in [1.29, 1.82) is 0 Å². The molecule has 0 saturated heterocycles. The molecule has 1 N–H and O–H groups in total. The molecule has 0 bridgehead atoms. The maximum absolute atomic E-state index is 12.9. The lowest BCUT2D eigenvalue weighted by atomic mass is 9.89. The zero-order valence-corrected chi connectivity index (χ0v) is 12.5. The van der Waals surface area contributed by atoms with E-state index < -0.39 is 0 Å². The summed E-state index contributed by atoms with van der Waals surface area (Å²) in [4.78, 5) is 17.1. The first-order valence-corrected chi connectivity index (χ1v) is 7.85. The molecule has 110 valence electrons. The number of hydrogen-bond acceptors (Lipinski definition) is 3. The number of amides is 1. The van der Waals surface area contributed by atoms with Crippen LogP contribution in [0, 0.1) is 5.92 Å². The molecule has 3 aliphatic heterocycles. The van der Waals surface area contributed by atoms with E-state index in [0.717, 1.165) is 36.6 Å². The molecule has 5 rings (SSSR count). The second-order valence-corrected chi connectivity index (χ2v) is 6.23. The van der Waals surface area contributed by atoms with Crippen molar-refractivity contribution in [2.75, 3.05) is 16.5 Å². The third-order valence-corrected chi connectivity index (χ3v) is 5.13. The lowest BCUT2D eigenvalue weighted by molar-refractivity contribution is -0.119. The molecule has 3 heterocycles. The van der Waals surface area contributed by atoms with Gasteiger partial charge in [-0.25, -0.2) is 0 Å². The summed E-state index contributed by atoms with van der Waals surface area (Å²) in [5, 5.41) is 3.34. The second kappa shape index (κ2) is 4.03. The predicted octanol–water partition coefficient (Wildman–Crippen LogP) is 2.87. The van der Waals surface area contributed by atoms with Gasteiger partial charge < -0.3 is 10.2 Å². The van der Waals surface area contributed by atoms with Gasteiger partial charge >= 0.3 is 0 Å². The van der Waals surface area contributed by atoms with Crippen LogP contribution in [0.2, 0.25) is 0 Å². The third kappa shape index (κ3) is 1.30. The molecule has 4 heteroatoms. The molecule has 1 amide bonds. The van der Waals surface area contributed by atoms with Gasteiger partial charge in [-0.1, -0.05) is 18.2 Å². The number of carbonyl (C=O) groups excluding carboxylic acids is 1. The van der Waals surface area contributed by atoms with E-state index in [-0.39, 0.29) is 11.8 Å². The van der Waals surface area contributed by atoms with E-state index >= 15 is 0 Å². The van der Waals surface area contributed by atoms with Crippen molar-refractivity contribution in [2.45, 2.75) is 19.8 Å². The minimum atomic E-state index is -0.00623. The molecule has 1 atom stereocenters. The summed E-state index contributed by atoms with van der Waals surface area (Å²) in [6.07, 6.45) is 6.37. The van der Waals surface area contributed by atoms with E-state index in [0.29, 0.717) is 0 Å². The molecular weight excluding hydrogens is 274 g/mol. The molecule has 0 radical (unpaired) electrons. The number of benzene rings is 1. The van der Waals surface area contributed by atoms with Crippen LogP contribution in [0.1, 0.15) is 19.8 Å². The third-order valence-electron chi connectivity index (χ3n) is 5.13. The molecule has 22 heavy (non-hydrogen) atoms. The number of nitrogens with one attached hydrogen (secondary N) is 1. The van der Waals surface area contributed by atoms with Gasteiger partial charge in [0.15, 0.2) is 0 Å². The smallest absolute Gasteiger partial charge is 0.238 e. The molecule has 1 aromatic rings. The van der Waals surface area contributed by atoms with Gasteiger partial charge in [-0.2, -0.15) is 0 Å². The molecule has 4 aliphatic rings.